The van der Waals surface area contributed by atoms with E-state index in [1.165, 1.54) is 24.3 Å². The molecule has 100 valence electrons. The van der Waals surface area contributed by atoms with Gasteiger partial charge >= 0.3 is 0 Å². The van der Waals surface area contributed by atoms with Gasteiger partial charge in [0.1, 0.15) is 22.5 Å². The Morgan fingerprint density at radius 3 is 2.22 bits per heavy atom. The average molecular weight is 338 g/mol. The highest BCUT2D eigenvalue weighted by Gasteiger charge is 2.22. The molecule has 18 heavy (non-hydrogen) atoms. The first-order chi connectivity index (χ1) is 8.21. The van der Waals surface area contributed by atoms with Crippen LogP contribution in [-0.2, 0) is 11.0 Å². The summed E-state index contributed by atoms with van der Waals surface area (Å²) in [6, 6.07) is 5.23. The highest BCUT2D eigenvalue weighted by atomic mass is 79.9. The van der Waals surface area contributed by atoms with Crippen LogP contribution in [0.15, 0.2) is 28.7 Å². The van der Waals surface area contributed by atoms with Gasteiger partial charge in [0.25, 0.3) is 0 Å². The first kappa shape index (κ1) is 15.4. The lowest BCUT2D eigenvalue weighted by Crippen LogP contribution is -2.22. The maximum absolute atomic E-state index is 13.5. The van der Waals surface area contributed by atoms with Crippen molar-refractivity contribution in [3.05, 3.63) is 35.6 Å². The molecule has 0 radical (unpaired) electrons. The van der Waals surface area contributed by atoms with Gasteiger partial charge in [-0.05, 0) is 48.8 Å². The monoisotopic (exact) mass is 337 g/mol. The Balaban J connectivity index is 3.15. The predicted molar refractivity (Wildman–Crippen MR) is 74.7 cm³/mol. The molecule has 2 nitrogen and oxygen atoms in total. The molecule has 6 heteroatoms. The summed E-state index contributed by atoms with van der Waals surface area (Å²) in [5.41, 5.74) is 0.404. The molecule has 2 atom stereocenters. The molecule has 1 unspecified atom stereocenters. The van der Waals surface area contributed by atoms with Gasteiger partial charge in [0.05, 0.1) is 4.75 Å². The normalized spacial score (nSPS) is 16.4. The van der Waals surface area contributed by atoms with Crippen LogP contribution < -0.4 is 0 Å². The molecule has 1 aromatic rings. The summed E-state index contributed by atoms with van der Waals surface area (Å²) in [5, 5.41) is -1.55. The van der Waals surface area contributed by atoms with E-state index in [9.17, 15) is 13.0 Å². The molecule has 1 rings (SSSR count). The van der Waals surface area contributed by atoms with Crippen LogP contribution in [0.1, 0.15) is 26.3 Å². The number of benzene rings is 1. The molecule has 0 N–H and O–H groups in total. The third-order valence-corrected chi connectivity index (χ3v) is 3.90. The third-order valence-electron chi connectivity index (χ3n) is 2.05. The molecule has 0 aliphatic carbocycles. The van der Waals surface area contributed by atoms with Crippen LogP contribution in [-0.4, -0.2) is 19.7 Å². The molecule has 1 aromatic carbocycles. The van der Waals surface area contributed by atoms with Crippen LogP contribution >= 0.6 is 15.9 Å². The molecule has 0 spiro atoms. The van der Waals surface area contributed by atoms with Gasteiger partial charge in [-0.25, -0.2) is 13.0 Å². The number of hydrogen-bond acceptors (Lipinski definition) is 1. The van der Waals surface area contributed by atoms with Crippen molar-refractivity contribution < 1.29 is 13.0 Å². The van der Waals surface area contributed by atoms with Crippen molar-refractivity contribution in [2.75, 3.05) is 0 Å². The van der Waals surface area contributed by atoms with Crippen LogP contribution in [0.5, 0.6) is 0 Å². The fourth-order valence-corrected chi connectivity index (χ4v) is 2.22. The van der Waals surface area contributed by atoms with E-state index in [-0.39, 0.29) is 5.71 Å². The first-order valence-corrected chi connectivity index (χ1v) is 7.28. The molecule has 0 aliphatic heterocycles. The molecule has 0 saturated heterocycles. The summed E-state index contributed by atoms with van der Waals surface area (Å²) >= 11 is 2.77. The van der Waals surface area contributed by atoms with Crippen molar-refractivity contribution in [2.24, 2.45) is 4.40 Å². The van der Waals surface area contributed by atoms with Gasteiger partial charge in [-0.2, -0.15) is 4.40 Å². The highest BCUT2D eigenvalue weighted by molar-refractivity contribution is 9.09. The molecular weight excluding hydrogens is 324 g/mol. The lowest BCUT2D eigenvalue weighted by molar-refractivity contribution is 0.550. The Hall–Kier alpha value is -0.620. The second-order valence-corrected chi connectivity index (χ2v) is 7.36. The summed E-state index contributed by atoms with van der Waals surface area (Å²) in [6.45, 7) is 5.24. The van der Waals surface area contributed by atoms with Gasteiger partial charge < -0.3 is 0 Å². The van der Waals surface area contributed by atoms with Crippen molar-refractivity contribution in [3.63, 3.8) is 0 Å². The lowest BCUT2D eigenvalue weighted by Gasteiger charge is -2.15. The summed E-state index contributed by atoms with van der Waals surface area (Å²) in [6.07, 6.45) is 0. The Kier molecular flexibility index (Phi) is 5.16. The predicted octanol–water partition coefficient (Wildman–Crippen LogP) is 3.77. The van der Waals surface area contributed by atoms with Crippen molar-refractivity contribution in [1.82, 2.24) is 0 Å². The average Bonchev–Trinajstić information content (AvgIpc) is 2.25. The molecule has 0 amide bonds. The van der Waals surface area contributed by atoms with Crippen LogP contribution in [0.4, 0.5) is 8.78 Å². The van der Waals surface area contributed by atoms with E-state index < -0.39 is 26.6 Å². The number of alkyl halides is 2. The molecule has 0 heterocycles. The van der Waals surface area contributed by atoms with E-state index in [4.69, 9.17) is 0 Å². The van der Waals surface area contributed by atoms with Crippen molar-refractivity contribution >= 4 is 32.6 Å². The standard InChI is InChI=1S/C12H14BrF2NOS/c1-12(2,3)18(17)16-10(11(13)15)8-4-6-9(14)7-5-8/h4-7,11H,1-3H3/b16-10+/t11?,18-/m0/s1. The molecule has 0 bridgehead atoms. The van der Waals surface area contributed by atoms with Gasteiger partial charge in [-0.15, -0.1) is 0 Å². The summed E-state index contributed by atoms with van der Waals surface area (Å²) in [5.74, 6) is -0.417. The fraction of sp³-hybridized carbons (Fsp3) is 0.417. The van der Waals surface area contributed by atoms with Gasteiger partial charge in [0.15, 0.2) is 5.08 Å². The first-order valence-electron chi connectivity index (χ1n) is 5.26. The maximum Gasteiger partial charge on any atom is 0.198 e. The van der Waals surface area contributed by atoms with E-state index in [0.717, 1.165) is 0 Å². The molecule has 0 saturated carbocycles. The molecule has 0 aromatic heterocycles. The Bertz CT molecular complexity index is 466. The zero-order chi connectivity index (χ0) is 13.9. The number of nitrogens with zero attached hydrogens (tertiary/aromatic N) is 1. The van der Waals surface area contributed by atoms with Gasteiger partial charge in [-0.3, -0.25) is 0 Å². The largest absolute Gasteiger partial charge is 0.234 e. The quantitative estimate of drug-likeness (QED) is 0.609. The van der Waals surface area contributed by atoms with Crippen LogP contribution in [0.2, 0.25) is 0 Å². The molecular formula is C12H14BrF2NOS. The minimum Gasteiger partial charge on any atom is -0.234 e. The van der Waals surface area contributed by atoms with Crippen LogP contribution in [0.3, 0.4) is 0 Å². The van der Waals surface area contributed by atoms with Crippen molar-refractivity contribution in [3.8, 4) is 0 Å². The van der Waals surface area contributed by atoms with Crippen molar-refractivity contribution in [2.45, 2.75) is 30.6 Å². The molecule has 0 fully saturated rings. The zero-order valence-corrected chi connectivity index (χ0v) is 12.7. The van der Waals surface area contributed by atoms with Crippen LogP contribution in [0.25, 0.3) is 0 Å². The number of halogens is 3. The summed E-state index contributed by atoms with van der Waals surface area (Å²) in [7, 11) is -1.57. The zero-order valence-electron chi connectivity index (χ0n) is 10.3. The second-order valence-electron chi connectivity index (χ2n) is 4.65. The van der Waals surface area contributed by atoms with Gasteiger partial charge in [0.2, 0.25) is 0 Å². The third kappa shape index (κ3) is 4.24. The fourth-order valence-electron chi connectivity index (χ4n) is 1.07. The maximum atomic E-state index is 13.5. The summed E-state index contributed by atoms with van der Waals surface area (Å²) < 4.78 is 41.5. The van der Waals surface area contributed by atoms with E-state index in [1.807, 2.05) is 0 Å². The Morgan fingerprint density at radius 2 is 1.83 bits per heavy atom. The van der Waals surface area contributed by atoms with E-state index >= 15 is 0 Å². The van der Waals surface area contributed by atoms with E-state index in [2.05, 4.69) is 20.3 Å². The lowest BCUT2D eigenvalue weighted by atomic mass is 10.1. The molecule has 0 aliphatic rings. The van der Waals surface area contributed by atoms with E-state index in [1.54, 1.807) is 20.8 Å². The van der Waals surface area contributed by atoms with Gasteiger partial charge in [-0.1, -0.05) is 12.1 Å². The SMILES string of the molecule is CC(C)(C)[S@](=O)/N=C(\c1ccc(F)cc1)C(F)Br. The Morgan fingerprint density at radius 1 is 1.33 bits per heavy atom. The second kappa shape index (κ2) is 6.02. The highest BCUT2D eigenvalue weighted by Crippen LogP contribution is 2.18. The number of rotatable bonds is 3. The van der Waals surface area contributed by atoms with E-state index in [0.29, 0.717) is 5.56 Å². The minimum atomic E-state index is -1.57. The topological polar surface area (TPSA) is 29.4 Å². The summed E-state index contributed by atoms with van der Waals surface area (Å²) in [4.78, 5) is 0. The Labute approximate surface area is 116 Å². The number of hydrogen-bond donors (Lipinski definition) is 0. The smallest absolute Gasteiger partial charge is 0.198 e. The minimum absolute atomic E-state index is 0.00302. The van der Waals surface area contributed by atoms with Crippen LogP contribution in [0, 0.1) is 5.82 Å². The van der Waals surface area contributed by atoms with Crippen molar-refractivity contribution in [1.29, 1.82) is 0 Å². The van der Waals surface area contributed by atoms with Gasteiger partial charge in [0, 0.05) is 5.56 Å².